The molecule has 0 unspecified atom stereocenters. The van der Waals surface area contributed by atoms with Crippen molar-refractivity contribution >= 4 is 17.6 Å². The molecule has 3 rings (SSSR count). The van der Waals surface area contributed by atoms with E-state index in [4.69, 9.17) is 5.73 Å². The first-order valence-electron chi connectivity index (χ1n) is 7.61. The molecule has 0 bridgehead atoms. The number of nitrogens with one attached hydrogen (secondary N) is 1. The van der Waals surface area contributed by atoms with Crippen LogP contribution in [0.3, 0.4) is 0 Å². The highest BCUT2D eigenvalue weighted by molar-refractivity contribution is 5.92. The Bertz CT molecular complexity index is 718. The maximum absolute atomic E-state index is 12.3. The zero-order valence-corrected chi connectivity index (χ0v) is 12.6. The van der Waals surface area contributed by atoms with Crippen LogP contribution in [0.25, 0.3) is 11.3 Å². The standard InChI is InChI=1S/C17H18N4O2/c18-16(22)11-6-7-12(9-11)17(23)21-15-5-1-4-14(20-15)13-3-2-8-19-10-13/h1-5,8,10-12H,6-7,9H2,(H2,18,22)(H,20,21,23)/t11-,12+/m1/s1. The zero-order valence-electron chi connectivity index (χ0n) is 12.6. The Balaban J connectivity index is 1.69. The van der Waals surface area contributed by atoms with E-state index in [1.54, 1.807) is 18.5 Å². The first kappa shape index (κ1) is 15.1. The number of anilines is 1. The van der Waals surface area contributed by atoms with Gasteiger partial charge in [-0.2, -0.15) is 0 Å². The lowest BCUT2D eigenvalue weighted by Gasteiger charge is -2.11. The van der Waals surface area contributed by atoms with E-state index in [0.717, 1.165) is 11.3 Å². The summed E-state index contributed by atoms with van der Waals surface area (Å²) in [7, 11) is 0. The first-order chi connectivity index (χ1) is 11.1. The van der Waals surface area contributed by atoms with Crippen LogP contribution in [-0.2, 0) is 9.59 Å². The molecule has 0 radical (unpaired) electrons. The van der Waals surface area contributed by atoms with Crippen LogP contribution in [0.5, 0.6) is 0 Å². The Labute approximate surface area is 134 Å². The third-order valence-electron chi connectivity index (χ3n) is 4.16. The lowest BCUT2D eigenvalue weighted by atomic mass is 10.0. The van der Waals surface area contributed by atoms with Crippen molar-refractivity contribution in [3.05, 3.63) is 42.7 Å². The van der Waals surface area contributed by atoms with Gasteiger partial charge in [-0.1, -0.05) is 6.07 Å². The second-order valence-electron chi connectivity index (χ2n) is 5.75. The minimum absolute atomic E-state index is 0.107. The number of nitrogens with zero attached hydrogens (tertiary/aromatic N) is 2. The van der Waals surface area contributed by atoms with Crippen LogP contribution >= 0.6 is 0 Å². The number of pyridine rings is 2. The van der Waals surface area contributed by atoms with Crippen molar-refractivity contribution in [1.82, 2.24) is 9.97 Å². The number of primary amides is 1. The van der Waals surface area contributed by atoms with Crippen LogP contribution in [-0.4, -0.2) is 21.8 Å². The van der Waals surface area contributed by atoms with E-state index in [2.05, 4.69) is 15.3 Å². The highest BCUT2D eigenvalue weighted by Crippen LogP contribution is 2.31. The molecule has 2 heterocycles. The van der Waals surface area contributed by atoms with Crippen LogP contribution in [0.1, 0.15) is 19.3 Å². The zero-order chi connectivity index (χ0) is 16.2. The number of nitrogens with two attached hydrogens (primary N) is 1. The van der Waals surface area contributed by atoms with Gasteiger partial charge in [-0.05, 0) is 43.5 Å². The summed E-state index contributed by atoms with van der Waals surface area (Å²) in [5, 5.41) is 2.83. The van der Waals surface area contributed by atoms with Crippen molar-refractivity contribution in [2.45, 2.75) is 19.3 Å². The molecule has 0 aromatic carbocycles. The summed E-state index contributed by atoms with van der Waals surface area (Å²) in [6.45, 7) is 0. The number of rotatable bonds is 4. The number of amides is 2. The predicted octanol–water partition coefficient (Wildman–Crippen LogP) is 1.98. The lowest BCUT2D eigenvalue weighted by Crippen LogP contribution is -2.24. The van der Waals surface area contributed by atoms with Gasteiger partial charge in [0.15, 0.2) is 0 Å². The molecule has 0 spiro atoms. The fourth-order valence-corrected chi connectivity index (χ4v) is 2.89. The smallest absolute Gasteiger partial charge is 0.228 e. The minimum Gasteiger partial charge on any atom is -0.369 e. The van der Waals surface area contributed by atoms with Gasteiger partial charge in [0.05, 0.1) is 5.69 Å². The summed E-state index contributed by atoms with van der Waals surface area (Å²) >= 11 is 0. The van der Waals surface area contributed by atoms with Crippen molar-refractivity contribution in [3.8, 4) is 11.3 Å². The Morgan fingerprint density at radius 2 is 1.96 bits per heavy atom. The molecule has 2 amide bonds. The number of hydrogen-bond acceptors (Lipinski definition) is 4. The summed E-state index contributed by atoms with van der Waals surface area (Å²) in [5.41, 5.74) is 6.94. The van der Waals surface area contributed by atoms with Gasteiger partial charge in [0.2, 0.25) is 11.8 Å². The average molecular weight is 310 g/mol. The van der Waals surface area contributed by atoms with E-state index < -0.39 is 0 Å². The number of carbonyl (C=O) groups excluding carboxylic acids is 2. The molecule has 0 aliphatic heterocycles. The summed E-state index contributed by atoms with van der Waals surface area (Å²) in [6.07, 6.45) is 5.30. The summed E-state index contributed by atoms with van der Waals surface area (Å²) in [5.74, 6) is -0.308. The van der Waals surface area contributed by atoms with Gasteiger partial charge in [-0.25, -0.2) is 4.98 Å². The van der Waals surface area contributed by atoms with Crippen LogP contribution in [0, 0.1) is 11.8 Å². The number of aromatic nitrogens is 2. The topological polar surface area (TPSA) is 98.0 Å². The average Bonchev–Trinajstić information content (AvgIpc) is 3.06. The largest absolute Gasteiger partial charge is 0.369 e. The van der Waals surface area contributed by atoms with Crippen LogP contribution < -0.4 is 11.1 Å². The summed E-state index contributed by atoms with van der Waals surface area (Å²) in [4.78, 5) is 32.0. The van der Waals surface area contributed by atoms with E-state index in [-0.39, 0.29) is 23.7 Å². The maximum Gasteiger partial charge on any atom is 0.228 e. The number of carbonyl (C=O) groups is 2. The molecule has 6 nitrogen and oxygen atoms in total. The molecule has 1 saturated carbocycles. The Morgan fingerprint density at radius 1 is 1.13 bits per heavy atom. The summed E-state index contributed by atoms with van der Waals surface area (Å²) in [6, 6.07) is 9.20. The molecular weight excluding hydrogens is 292 g/mol. The van der Waals surface area contributed by atoms with E-state index in [0.29, 0.717) is 25.1 Å². The molecule has 2 aromatic heterocycles. The van der Waals surface area contributed by atoms with Crippen LogP contribution in [0.2, 0.25) is 0 Å². The van der Waals surface area contributed by atoms with Crippen molar-refractivity contribution in [2.75, 3.05) is 5.32 Å². The van der Waals surface area contributed by atoms with Crippen molar-refractivity contribution < 1.29 is 9.59 Å². The number of hydrogen-bond donors (Lipinski definition) is 2. The van der Waals surface area contributed by atoms with E-state index in [9.17, 15) is 9.59 Å². The van der Waals surface area contributed by atoms with Gasteiger partial charge in [0.1, 0.15) is 5.82 Å². The van der Waals surface area contributed by atoms with Crippen LogP contribution in [0.15, 0.2) is 42.7 Å². The molecule has 2 atom stereocenters. The molecule has 6 heteroatoms. The second-order valence-corrected chi connectivity index (χ2v) is 5.75. The third-order valence-corrected chi connectivity index (χ3v) is 4.16. The molecule has 1 fully saturated rings. The molecule has 3 N–H and O–H groups in total. The monoisotopic (exact) mass is 310 g/mol. The van der Waals surface area contributed by atoms with Gasteiger partial charge in [-0.15, -0.1) is 0 Å². The molecule has 118 valence electrons. The van der Waals surface area contributed by atoms with Crippen molar-refractivity contribution in [3.63, 3.8) is 0 Å². The Morgan fingerprint density at radius 3 is 2.65 bits per heavy atom. The quantitative estimate of drug-likeness (QED) is 0.902. The van der Waals surface area contributed by atoms with Crippen LogP contribution in [0.4, 0.5) is 5.82 Å². The van der Waals surface area contributed by atoms with E-state index >= 15 is 0 Å². The highest BCUT2D eigenvalue weighted by atomic mass is 16.2. The van der Waals surface area contributed by atoms with Gasteiger partial charge < -0.3 is 11.1 Å². The highest BCUT2D eigenvalue weighted by Gasteiger charge is 2.32. The van der Waals surface area contributed by atoms with Crippen molar-refractivity contribution in [1.29, 1.82) is 0 Å². The molecule has 2 aromatic rings. The van der Waals surface area contributed by atoms with E-state index in [1.165, 1.54) is 0 Å². The Hall–Kier alpha value is -2.76. The minimum atomic E-state index is -0.322. The lowest BCUT2D eigenvalue weighted by molar-refractivity contribution is -0.122. The molecule has 1 aliphatic carbocycles. The SMILES string of the molecule is NC(=O)[C@@H]1CC[C@H](C(=O)Nc2cccc(-c3cccnc3)n2)C1. The fourth-order valence-electron chi connectivity index (χ4n) is 2.89. The van der Waals surface area contributed by atoms with Crippen molar-refractivity contribution in [2.24, 2.45) is 17.6 Å². The summed E-state index contributed by atoms with van der Waals surface area (Å²) < 4.78 is 0. The fraction of sp³-hybridized carbons (Fsp3) is 0.294. The predicted molar refractivity (Wildman–Crippen MR) is 86.1 cm³/mol. The van der Waals surface area contributed by atoms with E-state index in [1.807, 2.05) is 24.3 Å². The molecule has 23 heavy (non-hydrogen) atoms. The molecule has 1 aliphatic rings. The van der Waals surface area contributed by atoms with Gasteiger partial charge in [0.25, 0.3) is 0 Å². The second kappa shape index (κ2) is 6.56. The third kappa shape index (κ3) is 3.53. The molecule has 0 saturated heterocycles. The van der Waals surface area contributed by atoms with Gasteiger partial charge in [0, 0.05) is 29.8 Å². The van der Waals surface area contributed by atoms with Gasteiger partial charge >= 0.3 is 0 Å². The maximum atomic E-state index is 12.3. The Kier molecular flexibility index (Phi) is 4.32. The molecular formula is C17H18N4O2. The first-order valence-corrected chi connectivity index (χ1v) is 7.61. The van der Waals surface area contributed by atoms with Gasteiger partial charge in [-0.3, -0.25) is 14.6 Å². The normalized spacial score (nSPS) is 20.2.